The molecule has 2 aliphatic heterocycles. The van der Waals surface area contributed by atoms with E-state index < -0.39 is 29.3 Å². The van der Waals surface area contributed by atoms with Crippen molar-refractivity contribution >= 4 is 34.5 Å². The SMILES string of the molecule is CNC(=O)c1cccc(C2=C(C(=O)[O-])N3C(=O)[C@H]([C@@H](C)O)[C@H]3S2)c1.[K+]. The van der Waals surface area contributed by atoms with Crippen LogP contribution in [0.1, 0.15) is 22.8 Å². The Morgan fingerprint density at radius 1 is 1.40 bits per heavy atom. The molecule has 3 rings (SSSR count). The van der Waals surface area contributed by atoms with Crippen molar-refractivity contribution in [3.8, 4) is 0 Å². The monoisotopic (exact) mass is 386 g/mol. The van der Waals surface area contributed by atoms with E-state index in [1.807, 2.05) is 0 Å². The smallest absolute Gasteiger partial charge is 0.543 e. The molecule has 126 valence electrons. The third-order valence-electron chi connectivity index (χ3n) is 4.11. The summed E-state index contributed by atoms with van der Waals surface area (Å²) in [4.78, 5) is 37.0. The summed E-state index contributed by atoms with van der Waals surface area (Å²) in [5.41, 5.74) is 0.696. The first-order valence-electron chi connectivity index (χ1n) is 7.32. The van der Waals surface area contributed by atoms with E-state index in [0.29, 0.717) is 16.0 Å². The summed E-state index contributed by atoms with van der Waals surface area (Å²) in [6.07, 6.45) is -0.870. The van der Waals surface area contributed by atoms with E-state index in [4.69, 9.17) is 0 Å². The average Bonchev–Trinajstić information content (AvgIpc) is 2.89. The number of rotatable bonds is 4. The second-order valence-electron chi connectivity index (χ2n) is 5.61. The Hall–Kier alpha value is -0.684. The van der Waals surface area contributed by atoms with Crippen molar-refractivity contribution in [2.45, 2.75) is 18.4 Å². The number of β-lactam (4-membered cyclic amide) rings is 1. The minimum Gasteiger partial charge on any atom is -0.543 e. The summed E-state index contributed by atoms with van der Waals surface area (Å²) < 4.78 is 0. The molecule has 1 aromatic rings. The molecule has 0 aliphatic carbocycles. The van der Waals surface area contributed by atoms with E-state index in [9.17, 15) is 24.6 Å². The number of carboxylic acids is 1. The number of nitrogens with one attached hydrogen (secondary N) is 1. The summed E-state index contributed by atoms with van der Waals surface area (Å²) in [7, 11) is 1.50. The molecule has 2 amide bonds. The normalized spacial score (nSPS) is 22.7. The van der Waals surface area contributed by atoms with Crippen molar-refractivity contribution in [3.05, 3.63) is 41.1 Å². The molecule has 0 bridgehead atoms. The molecule has 3 atom stereocenters. The van der Waals surface area contributed by atoms with Crippen molar-refractivity contribution in [2.75, 3.05) is 7.05 Å². The molecule has 0 unspecified atom stereocenters. The topological polar surface area (TPSA) is 110 Å². The van der Waals surface area contributed by atoms with Crippen LogP contribution in [0.5, 0.6) is 0 Å². The van der Waals surface area contributed by atoms with Gasteiger partial charge in [-0.25, -0.2) is 0 Å². The van der Waals surface area contributed by atoms with Crippen molar-refractivity contribution in [1.29, 1.82) is 0 Å². The van der Waals surface area contributed by atoms with Crippen LogP contribution in [0.2, 0.25) is 0 Å². The van der Waals surface area contributed by atoms with Gasteiger partial charge in [-0.05, 0) is 24.6 Å². The molecule has 25 heavy (non-hydrogen) atoms. The number of carboxylic acid groups (broad SMARTS) is 1. The molecule has 2 aliphatic rings. The maximum Gasteiger partial charge on any atom is 1.00 e. The maximum atomic E-state index is 12.2. The number of carbonyl (C=O) groups is 3. The van der Waals surface area contributed by atoms with Crippen LogP contribution >= 0.6 is 11.8 Å². The van der Waals surface area contributed by atoms with Crippen molar-refractivity contribution < 1.29 is 76.0 Å². The van der Waals surface area contributed by atoms with E-state index in [1.165, 1.54) is 25.7 Å². The second-order valence-corrected chi connectivity index (χ2v) is 6.74. The summed E-state index contributed by atoms with van der Waals surface area (Å²) >= 11 is 1.19. The van der Waals surface area contributed by atoms with E-state index in [2.05, 4.69) is 5.32 Å². The Balaban J connectivity index is 0.00000225. The van der Waals surface area contributed by atoms with Crippen molar-refractivity contribution in [3.63, 3.8) is 0 Å². The Labute approximate surface area is 191 Å². The standard InChI is InChI=1S/C16H16N2O5S.K/c1-7(19)10-14(21)18-11(16(22)23)12(24-15(10)18)8-4-3-5-9(6-8)13(20)17-2;/h3-7,10,15,19H,1-2H3,(H,17,20)(H,22,23);/q;+1/p-1/t7-,10+,15-;/m1./s1. The number of aliphatic carboxylic acids is 1. The van der Waals surface area contributed by atoms with Gasteiger partial charge in [0.15, 0.2) is 0 Å². The predicted molar refractivity (Wildman–Crippen MR) is 85.2 cm³/mol. The van der Waals surface area contributed by atoms with Gasteiger partial charge in [-0.2, -0.15) is 0 Å². The van der Waals surface area contributed by atoms with Crippen LogP contribution in [0.25, 0.3) is 4.91 Å². The van der Waals surface area contributed by atoms with Gasteiger partial charge in [0.05, 0.1) is 23.7 Å². The number of nitrogens with zero attached hydrogens (tertiary/aromatic N) is 1. The molecule has 9 heteroatoms. The fraction of sp³-hybridized carbons (Fsp3) is 0.312. The van der Waals surface area contributed by atoms with Crippen LogP contribution < -0.4 is 61.8 Å². The molecule has 2 heterocycles. The maximum absolute atomic E-state index is 12.2. The molecule has 0 saturated carbocycles. The molecule has 0 radical (unpaired) electrons. The number of fused-ring (bicyclic) bond motifs is 1. The third kappa shape index (κ3) is 3.46. The van der Waals surface area contributed by atoms with Crippen LogP contribution in [0.3, 0.4) is 0 Å². The molecule has 1 fully saturated rings. The first-order chi connectivity index (χ1) is 11.4. The molecule has 1 saturated heterocycles. The number of hydrogen-bond donors (Lipinski definition) is 2. The van der Waals surface area contributed by atoms with Gasteiger partial charge in [0.2, 0.25) is 5.91 Å². The second kappa shape index (κ2) is 7.91. The van der Waals surface area contributed by atoms with E-state index in [1.54, 1.807) is 24.3 Å². The van der Waals surface area contributed by atoms with Gasteiger partial charge in [0.1, 0.15) is 5.37 Å². The van der Waals surface area contributed by atoms with E-state index in [-0.39, 0.29) is 63.0 Å². The average molecular weight is 386 g/mol. The summed E-state index contributed by atoms with van der Waals surface area (Å²) in [6.45, 7) is 1.50. The summed E-state index contributed by atoms with van der Waals surface area (Å²) in [6, 6.07) is 6.49. The van der Waals surface area contributed by atoms with Gasteiger partial charge >= 0.3 is 51.4 Å². The van der Waals surface area contributed by atoms with Crippen molar-refractivity contribution in [2.24, 2.45) is 5.92 Å². The Morgan fingerprint density at radius 2 is 2.08 bits per heavy atom. The molecule has 7 nitrogen and oxygen atoms in total. The summed E-state index contributed by atoms with van der Waals surface area (Å²) in [5, 5.41) is 23.3. The fourth-order valence-corrected chi connectivity index (χ4v) is 4.53. The Bertz CT molecular complexity index is 780. The minimum absolute atomic E-state index is 0. The summed E-state index contributed by atoms with van der Waals surface area (Å²) in [5.74, 6) is -2.83. The molecule has 1 aromatic carbocycles. The zero-order valence-corrected chi connectivity index (χ0v) is 17.9. The van der Waals surface area contributed by atoms with Gasteiger partial charge in [0, 0.05) is 17.5 Å². The van der Waals surface area contributed by atoms with Gasteiger partial charge < -0.3 is 20.3 Å². The van der Waals surface area contributed by atoms with Crippen LogP contribution in [-0.4, -0.2) is 46.3 Å². The Kier molecular flexibility index (Phi) is 6.53. The molecule has 0 aromatic heterocycles. The van der Waals surface area contributed by atoms with Crippen LogP contribution in [0.15, 0.2) is 30.0 Å². The third-order valence-corrected chi connectivity index (χ3v) is 5.52. The zero-order valence-electron chi connectivity index (χ0n) is 14.0. The Morgan fingerprint density at radius 3 is 2.64 bits per heavy atom. The fourth-order valence-electron chi connectivity index (χ4n) is 2.92. The van der Waals surface area contributed by atoms with E-state index in [0.717, 1.165) is 4.90 Å². The molecular formula is C16H15KN2O5S. The quantitative estimate of drug-likeness (QED) is 0.408. The van der Waals surface area contributed by atoms with Crippen LogP contribution in [0.4, 0.5) is 0 Å². The zero-order chi connectivity index (χ0) is 17.6. The van der Waals surface area contributed by atoms with Crippen LogP contribution in [-0.2, 0) is 9.59 Å². The number of amides is 2. The molecule has 2 N–H and O–H groups in total. The van der Waals surface area contributed by atoms with Gasteiger partial charge in [-0.3, -0.25) is 14.5 Å². The number of hydrogen-bond acceptors (Lipinski definition) is 6. The van der Waals surface area contributed by atoms with Gasteiger partial charge in [-0.1, -0.05) is 23.9 Å². The number of thioether (sulfide) groups is 1. The molecular weight excluding hydrogens is 371 g/mol. The number of aliphatic hydroxyl groups is 1. The van der Waals surface area contributed by atoms with E-state index >= 15 is 0 Å². The number of benzene rings is 1. The van der Waals surface area contributed by atoms with Crippen LogP contribution in [0, 0.1) is 5.92 Å². The largest absolute Gasteiger partial charge is 1.00 e. The first-order valence-corrected chi connectivity index (χ1v) is 8.20. The number of carbonyl (C=O) groups excluding carboxylic acids is 3. The molecule has 0 spiro atoms. The first kappa shape index (κ1) is 20.6. The predicted octanol–water partition coefficient (Wildman–Crippen LogP) is -3.62. The number of aliphatic hydroxyl groups excluding tert-OH is 1. The van der Waals surface area contributed by atoms with Crippen molar-refractivity contribution in [1.82, 2.24) is 10.2 Å². The minimum atomic E-state index is -1.46. The van der Waals surface area contributed by atoms with Gasteiger partial charge in [-0.15, -0.1) is 0 Å². The van der Waals surface area contributed by atoms with Gasteiger partial charge in [0.25, 0.3) is 5.91 Å².